The van der Waals surface area contributed by atoms with Crippen LogP contribution < -0.4 is 4.90 Å². The van der Waals surface area contributed by atoms with Gasteiger partial charge in [0.15, 0.2) is 9.84 Å². The molecule has 0 bridgehead atoms. The Balaban J connectivity index is 2.73. The van der Waals surface area contributed by atoms with Crippen LogP contribution in [0.2, 0.25) is 0 Å². The van der Waals surface area contributed by atoms with Gasteiger partial charge in [-0.25, -0.2) is 13.4 Å². The van der Waals surface area contributed by atoms with E-state index in [1.807, 2.05) is 13.0 Å². The first-order valence-electron chi connectivity index (χ1n) is 6.97. The summed E-state index contributed by atoms with van der Waals surface area (Å²) in [7, 11) is -1.82. The lowest BCUT2D eigenvalue weighted by Crippen LogP contribution is -2.16. The van der Waals surface area contributed by atoms with Gasteiger partial charge in [-0.15, -0.1) is 0 Å². The number of hydrogen-bond acceptors (Lipinski definition) is 5. The lowest BCUT2D eigenvalue weighted by atomic mass is 10.0. The number of sulfone groups is 1. The molecule has 0 amide bonds. The summed E-state index contributed by atoms with van der Waals surface area (Å²) in [6.07, 6.45) is 3.29. The number of rotatable bonds is 5. The average Bonchev–Trinajstić information content (AvgIpc) is 2.52. The topological polar surface area (TPSA) is 67.3 Å². The van der Waals surface area contributed by atoms with Crippen molar-refractivity contribution in [1.82, 2.24) is 4.98 Å². The second-order valence-corrected chi connectivity index (χ2v) is 7.45. The molecule has 2 rings (SSSR count). The van der Waals surface area contributed by atoms with E-state index in [4.69, 9.17) is 11.6 Å². The minimum Gasteiger partial charge on any atom is -0.328 e. The SMILES string of the molecule is CCc1cc(N(C)c2ccccn2)c(S(C)(=O)=O)cc1C(=O)Cl. The van der Waals surface area contributed by atoms with Gasteiger partial charge in [0.2, 0.25) is 0 Å². The average molecular weight is 353 g/mol. The van der Waals surface area contributed by atoms with Crippen LogP contribution in [0.3, 0.4) is 0 Å². The first-order valence-corrected chi connectivity index (χ1v) is 9.24. The van der Waals surface area contributed by atoms with Gasteiger partial charge in [-0.05, 0) is 47.9 Å². The molecule has 0 spiro atoms. The Kier molecular flexibility index (Phi) is 5.06. The van der Waals surface area contributed by atoms with Crippen LogP contribution in [0.5, 0.6) is 0 Å². The van der Waals surface area contributed by atoms with Gasteiger partial charge < -0.3 is 4.90 Å². The zero-order chi connectivity index (χ0) is 17.2. The Bertz CT molecular complexity index is 836. The van der Waals surface area contributed by atoms with E-state index in [2.05, 4.69) is 4.98 Å². The summed E-state index contributed by atoms with van der Waals surface area (Å²) in [5.74, 6) is 0.601. The van der Waals surface area contributed by atoms with Crippen LogP contribution in [0.4, 0.5) is 11.5 Å². The summed E-state index contributed by atoms with van der Waals surface area (Å²) < 4.78 is 24.3. The number of benzene rings is 1. The van der Waals surface area contributed by atoms with Crippen molar-refractivity contribution in [3.63, 3.8) is 0 Å². The van der Waals surface area contributed by atoms with Gasteiger partial charge in [-0.2, -0.15) is 0 Å². The number of anilines is 2. The summed E-state index contributed by atoms with van der Waals surface area (Å²) in [5, 5.41) is -0.668. The number of carbonyl (C=O) groups is 1. The molecular weight excluding hydrogens is 336 g/mol. The van der Waals surface area contributed by atoms with Crippen molar-refractivity contribution in [2.45, 2.75) is 18.2 Å². The molecule has 0 aliphatic carbocycles. The van der Waals surface area contributed by atoms with Gasteiger partial charge in [-0.1, -0.05) is 13.0 Å². The number of pyridine rings is 1. The van der Waals surface area contributed by atoms with Crippen LogP contribution in [0.25, 0.3) is 0 Å². The van der Waals surface area contributed by atoms with Gasteiger partial charge in [0.05, 0.1) is 10.6 Å². The molecule has 0 aliphatic heterocycles. The molecule has 0 radical (unpaired) electrons. The lowest BCUT2D eigenvalue weighted by Gasteiger charge is -2.22. The van der Waals surface area contributed by atoms with E-state index in [-0.39, 0.29) is 10.5 Å². The van der Waals surface area contributed by atoms with Crippen molar-refractivity contribution in [1.29, 1.82) is 0 Å². The van der Waals surface area contributed by atoms with E-state index in [1.54, 1.807) is 36.3 Å². The molecule has 0 saturated carbocycles. The second-order valence-electron chi connectivity index (χ2n) is 5.12. The highest BCUT2D eigenvalue weighted by atomic mass is 35.5. The number of aromatic nitrogens is 1. The van der Waals surface area contributed by atoms with Crippen LogP contribution in [0, 0.1) is 0 Å². The van der Waals surface area contributed by atoms with E-state index in [0.29, 0.717) is 23.5 Å². The first-order chi connectivity index (χ1) is 10.8. The van der Waals surface area contributed by atoms with Gasteiger partial charge >= 0.3 is 0 Å². The smallest absolute Gasteiger partial charge is 0.252 e. The minimum absolute atomic E-state index is 0.0480. The normalized spacial score (nSPS) is 11.3. The van der Waals surface area contributed by atoms with Crippen molar-refractivity contribution >= 4 is 38.2 Å². The summed E-state index contributed by atoms with van der Waals surface area (Å²) in [4.78, 5) is 17.6. The molecule has 23 heavy (non-hydrogen) atoms. The van der Waals surface area contributed by atoms with E-state index < -0.39 is 15.1 Å². The molecule has 0 atom stereocenters. The number of aryl methyl sites for hydroxylation is 1. The quantitative estimate of drug-likeness (QED) is 0.773. The first kappa shape index (κ1) is 17.4. The standard InChI is InChI=1S/C16H17ClN2O3S/c1-4-11-9-13(19(2)15-7-5-6-8-18-15)14(23(3,21)22)10-12(11)16(17)20/h5-10H,4H2,1-3H3. The van der Waals surface area contributed by atoms with Crippen molar-refractivity contribution in [2.24, 2.45) is 0 Å². The maximum atomic E-state index is 12.2. The largest absolute Gasteiger partial charge is 0.328 e. The highest BCUT2D eigenvalue weighted by Crippen LogP contribution is 2.32. The van der Waals surface area contributed by atoms with Crippen molar-refractivity contribution in [3.05, 3.63) is 47.7 Å². The van der Waals surface area contributed by atoms with Gasteiger partial charge in [-0.3, -0.25) is 4.79 Å². The van der Waals surface area contributed by atoms with Crippen molar-refractivity contribution in [2.75, 3.05) is 18.2 Å². The highest BCUT2D eigenvalue weighted by molar-refractivity contribution is 7.90. The monoisotopic (exact) mass is 352 g/mol. The predicted octanol–water partition coefficient (Wildman–Crippen LogP) is 3.19. The molecule has 0 fully saturated rings. The Labute approximate surface area is 140 Å². The van der Waals surface area contributed by atoms with Gasteiger partial charge in [0.1, 0.15) is 5.82 Å². The third-order valence-corrected chi connectivity index (χ3v) is 4.86. The zero-order valence-corrected chi connectivity index (χ0v) is 14.6. The molecule has 122 valence electrons. The van der Waals surface area contributed by atoms with Gasteiger partial charge in [0.25, 0.3) is 5.24 Å². The van der Waals surface area contributed by atoms with Crippen molar-refractivity contribution < 1.29 is 13.2 Å². The van der Waals surface area contributed by atoms with E-state index in [9.17, 15) is 13.2 Å². The molecule has 0 aliphatic rings. The van der Waals surface area contributed by atoms with Crippen molar-refractivity contribution in [3.8, 4) is 0 Å². The molecule has 1 aromatic carbocycles. The zero-order valence-electron chi connectivity index (χ0n) is 13.1. The second kappa shape index (κ2) is 6.68. The molecule has 0 unspecified atom stereocenters. The number of carbonyl (C=O) groups excluding carboxylic acids is 1. The Morgan fingerprint density at radius 3 is 2.48 bits per heavy atom. The van der Waals surface area contributed by atoms with Crippen LogP contribution >= 0.6 is 11.6 Å². The summed E-state index contributed by atoms with van der Waals surface area (Å²) in [6.45, 7) is 1.88. The number of halogens is 1. The fourth-order valence-corrected chi connectivity index (χ4v) is 3.41. The highest BCUT2D eigenvalue weighted by Gasteiger charge is 2.22. The van der Waals surface area contributed by atoms with E-state index in [1.165, 1.54) is 6.07 Å². The van der Waals surface area contributed by atoms with Crippen LogP contribution in [0.15, 0.2) is 41.4 Å². The summed E-state index contributed by atoms with van der Waals surface area (Å²) in [6, 6.07) is 8.40. The summed E-state index contributed by atoms with van der Waals surface area (Å²) >= 11 is 5.60. The van der Waals surface area contributed by atoms with Crippen LogP contribution in [-0.4, -0.2) is 31.9 Å². The maximum absolute atomic E-state index is 12.2. The number of nitrogens with zero attached hydrogens (tertiary/aromatic N) is 2. The molecule has 5 nitrogen and oxygen atoms in total. The fraction of sp³-hybridized carbons (Fsp3) is 0.250. The Morgan fingerprint density at radius 2 is 2.00 bits per heavy atom. The van der Waals surface area contributed by atoms with Crippen LogP contribution in [-0.2, 0) is 16.3 Å². The lowest BCUT2D eigenvalue weighted by molar-refractivity contribution is 0.108. The third kappa shape index (κ3) is 3.71. The Hall–Kier alpha value is -1.92. The minimum atomic E-state index is -3.55. The van der Waals surface area contributed by atoms with E-state index >= 15 is 0 Å². The molecule has 1 aromatic heterocycles. The molecule has 0 saturated heterocycles. The number of hydrogen-bond donors (Lipinski definition) is 0. The van der Waals surface area contributed by atoms with Gasteiger partial charge in [0, 0.05) is 25.1 Å². The predicted molar refractivity (Wildman–Crippen MR) is 91.4 cm³/mol. The molecule has 0 N–H and O–H groups in total. The summed E-state index contributed by atoms with van der Waals surface area (Å²) in [5.41, 5.74) is 1.37. The van der Waals surface area contributed by atoms with Crippen LogP contribution in [0.1, 0.15) is 22.8 Å². The molecule has 2 aromatic rings. The van der Waals surface area contributed by atoms with E-state index in [0.717, 1.165) is 6.26 Å². The molecule has 1 heterocycles. The molecular formula is C16H17ClN2O3S. The third-order valence-electron chi connectivity index (χ3n) is 3.53. The Morgan fingerprint density at radius 1 is 1.30 bits per heavy atom. The fourth-order valence-electron chi connectivity index (χ4n) is 2.32. The maximum Gasteiger partial charge on any atom is 0.252 e. The molecule has 7 heteroatoms.